The molecule has 0 radical (unpaired) electrons. The number of nitrogens with zero attached hydrogens (tertiary/aromatic N) is 4. The van der Waals surface area contributed by atoms with Gasteiger partial charge in [0, 0.05) is 43.9 Å². The standard InChI is InChI=1S/C53H32N4O/c1-3-13-33(14-4-1)51-54-52(34-15-5-2-6-16-34)56-53(55-51)45-30-40(32-49-50(45)43-20-10-12-22-48(43)58-49)38-23-24-39-28-41(26-25-37(39)27-38)57-46-21-11-9-19-42(46)44-29-35-17-7-8-18-36(35)31-47(44)57/h1-32H. The van der Waals surface area contributed by atoms with Gasteiger partial charge in [0.25, 0.3) is 0 Å². The molecule has 0 spiro atoms. The highest BCUT2D eigenvalue weighted by Gasteiger charge is 2.20. The van der Waals surface area contributed by atoms with Gasteiger partial charge in [-0.05, 0) is 87.3 Å². The van der Waals surface area contributed by atoms with Gasteiger partial charge in [0.05, 0.1) is 11.0 Å². The first-order valence-electron chi connectivity index (χ1n) is 19.5. The van der Waals surface area contributed by atoms with Gasteiger partial charge in [-0.1, -0.05) is 140 Å². The molecule has 0 aliphatic rings. The first-order chi connectivity index (χ1) is 28.7. The van der Waals surface area contributed by atoms with E-state index in [0.29, 0.717) is 17.5 Å². The first-order valence-corrected chi connectivity index (χ1v) is 19.5. The van der Waals surface area contributed by atoms with Crippen molar-refractivity contribution in [2.24, 2.45) is 0 Å². The Hall–Kier alpha value is -7.89. The highest BCUT2D eigenvalue weighted by atomic mass is 16.3. The van der Waals surface area contributed by atoms with E-state index in [1.165, 1.54) is 32.6 Å². The van der Waals surface area contributed by atoms with E-state index in [1.807, 2.05) is 78.9 Å². The summed E-state index contributed by atoms with van der Waals surface area (Å²) in [6.45, 7) is 0. The van der Waals surface area contributed by atoms with Crippen molar-refractivity contribution in [1.82, 2.24) is 19.5 Å². The van der Waals surface area contributed by atoms with Crippen LogP contribution in [0.25, 0.3) is 116 Å². The van der Waals surface area contributed by atoms with Gasteiger partial charge >= 0.3 is 0 Å². The maximum Gasteiger partial charge on any atom is 0.164 e. The van der Waals surface area contributed by atoms with Crippen LogP contribution in [0.15, 0.2) is 199 Å². The van der Waals surface area contributed by atoms with Crippen molar-refractivity contribution in [3.8, 4) is 51.0 Å². The average molecular weight is 741 g/mol. The molecule has 0 N–H and O–H groups in total. The Balaban J connectivity index is 1.03. The molecule has 12 aromatic rings. The molecular weight excluding hydrogens is 709 g/mol. The van der Waals surface area contributed by atoms with E-state index >= 15 is 0 Å². The van der Waals surface area contributed by atoms with Gasteiger partial charge in [-0.3, -0.25) is 0 Å². The number of benzene rings is 9. The van der Waals surface area contributed by atoms with Crippen LogP contribution in [0.3, 0.4) is 0 Å². The molecule has 58 heavy (non-hydrogen) atoms. The smallest absolute Gasteiger partial charge is 0.164 e. The molecule has 270 valence electrons. The van der Waals surface area contributed by atoms with Gasteiger partial charge in [0.1, 0.15) is 11.2 Å². The molecule has 5 heteroatoms. The Morgan fingerprint density at radius 3 is 1.72 bits per heavy atom. The van der Waals surface area contributed by atoms with E-state index in [2.05, 4.69) is 120 Å². The lowest BCUT2D eigenvalue weighted by atomic mass is 9.96. The second-order valence-corrected chi connectivity index (χ2v) is 14.8. The van der Waals surface area contributed by atoms with Crippen molar-refractivity contribution >= 4 is 65.3 Å². The monoisotopic (exact) mass is 740 g/mol. The highest BCUT2D eigenvalue weighted by Crippen LogP contribution is 2.41. The van der Waals surface area contributed by atoms with Gasteiger partial charge in [-0.15, -0.1) is 0 Å². The second kappa shape index (κ2) is 12.8. The van der Waals surface area contributed by atoms with E-state index in [-0.39, 0.29) is 0 Å². The average Bonchev–Trinajstić information content (AvgIpc) is 3.83. The summed E-state index contributed by atoms with van der Waals surface area (Å²) in [5.41, 5.74) is 9.97. The van der Waals surface area contributed by atoms with Crippen molar-refractivity contribution in [3.05, 3.63) is 194 Å². The largest absolute Gasteiger partial charge is 0.456 e. The van der Waals surface area contributed by atoms with Crippen LogP contribution in [-0.2, 0) is 0 Å². The summed E-state index contributed by atoms with van der Waals surface area (Å²) >= 11 is 0. The fourth-order valence-electron chi connectivity index (χ4n) is 8.61. The molecule has 0 aliphatic carbocycles. The van der Waals surface area contributed by atoms with Gasteiger partial charge in [0.2, 0.25) is 0 Å². The molecular formula is C53H32N4O. The van der Waals surface area contributed by atoms with Crippen LogP contribution in [0.5, 0.6) is 0 Å². The van der Waals surface area contributed by atoms with Crippen LogP contribution < -0.4 is 0 Å². The zero-order valence-electron chi connectivity index (χ0n) is 31.2. The predicted octanol–water partition coefficient (Wildman–Crippen LogP) is 13.8. The molecule has 0 bridgehead atoms. The van der Waals surface area contributed by atoms with E-state index in [1.54, 1.807) is 0 Å². The molecule has 0 amide bonds. The van der Waals surface area contributed by atoms with Gasteiger partial charge in [-0.2, -0.15) is 0 Å². The van der Waals surface area contributed by atoms with Crippen molar-refractivity contribution in [2.75, 3.05) is 0 Å². The van der Waals surface area contributed by atoms with E-state index in [4.69, 9.17) is 19.4 Å². The molecule has 3 heterocycles. The molecule has 0 fully saturated rings. The Kier molecular flexibility index (Phi) is 7.16. The van der Waals surface area contributed by atoms with Gasteiger partial charge < -0.3 is 8.98 Å². The Morgan fingerprint density at radius 1 is 0.345 bits per heavy atom. The van der Waals surface area contributed by atoms with Crippen LogP contribution in [-0.4, -0.2) is 19.5 Å². The normalized spacial score (nSPS) is 11.8. The van der Waals surface area contributed by atoms with Crippen molar-refractivity contribution in [2.45, 2.75) is 0 Å². The van der Waals surface area contributed by atoms with Gasteiger partial charge in [0.15, 0.2) is 17.5 Å². The SMILES string of the molecule is c1ccc(-c2nc(-c3ccccc3)nc(-c3cc(-c4ccc5cc(-n6c7ccccc7c7cc8ccccc8cc76)ccc5c4)cc4oc5ccccc5c34)n2)cc1. The lowest BCUT2D eigenvalue weighted by Crippen LogP contribution is -2.00. The third-order valence-electron chi connectivity index (χ3n) is 11.4. The maximum absolute atomic E-state index is 6.57. The lowest BCUT2D eigenvalue weighted by molar-refractivity contribution is 0.669. The summed E-state index contributed by atoms with van der Waals surface area (Å²) in [7, 11) is 0. The number of furan rings is 1. The van der Waals surface area contributed by atoms with Crippen LogP contribution in [0.2, 0.25) is 0 Å². The third-order valence-corrected chi connectivity index (χ3v) is 11.4. The van der Waals surface area contributed by atoms with Crippen molar-refractivity contribution in [1.29, 1.82) is 0 Å². The fourth-order valence-corrected chi connectivity index (χ4v) is 8.61. The summed E-state index contributed by atoms with van der Waals surface area (Å²) in [6, 6.07) is 68.2. The molecule has 0 atom stereocenters. The minimum absolute atomic E-state index is 0.593. The number of rotatable bonds is 5. The molecule has 12 rings (SSSR count). The number of para-hydroxylation sites is 2. The number of fused-ring (bicyclic) bond motifs is 8. The summed E-state index contributed by atoms with van der Waals surface area (Å²) in [5, 5.41) is 9.30. The third kappa shape index (κ3) is 5.21. The van der Waals surface area contributed by atoms with Crippen molar-refractivity contribution < 1.29 is 4.42 Å². The molecule has 5 nitrogen and oxygen atoms in total. The maximum atomic E-state index is 6.57. The fraction of sp³-hybridized carbons (Fsp3) is 0. The molecule has 0 unspecified atom stereocenters. The number of aromatic nitrogens is 4. The van der Waals surface area contributed by atoms with Crippen molar-refractivity contribution in [3.63, 3.8) is 0 Å². The molecule has 0 saturated carbocycles. The highest BCUT2D eigenvalue weighted by molar-refractivity contribution is 6.15. The second-order valence-electron chi connectivity index (χ2n) is 14.8. The molecule has 3 aromatic heterocycles. The topological polar surface area (TPSA) is 56.7 Å². The van der Waals surface area contributed by atoms with Crippen LogP contribution in [0.4, 0.5) is 0 Å². The summed E-state index contributed by atoms with van der Waals surface area (Å²) in [4.78, 5) is 15.3. The van der Waals surface area contributed by atoms with Crippen LogP contribution >= 0.6 is 0 Å². The Bertz CT molecular complexity index is 3510. The molecule has 0 aliphatic heterocycles. The Labute approximate surface area is 333 Å². The van der Waals surface area contributed by atoms with Gasteiger partial charge in [-0.25, -0.2) is 15.0 Å². The predicted molar refractivity (Wildman–Crippen MR) is 238 cm³/mol. The van der Waals surface area contributed by atoms with E-state index in [9.17, 15) is 0 Å². The van der Waals surface area contributed by atoms with E-state index in [0.717, 1.165) is 66.2 Å². The summed E-state index contributed by atoms with van der Waals surface area (Å²) in [6.07, 6.45) is 0. The van der Waals surface area contributed by atoms with E-state index < -0.39 is 0 Å². The lowest BCUT2D eigenvalue weighted by Gasteiger charge is -2.12. The quantitative estimate of drug-likeness (QED) is 0.176. The summed E-state index contributed by atoms with van der Waals surface area (Å²) < 4.78 is 8.97. The minimum Gasteiger partial charge on any atom is -0.456 e. The minimum atomic E-state index is 0.593. The first kappa shape index (κ1) is 32.4. The summed E-state index contributed by atoms with van der Waals surface area (Å²) in [5.74, 6) is 1.83. The Morgan fingerprint density at radius 2 is 0.948 bits per heavy atom. The molecule has 0 saturated heterocycles. The molecule has 9 aromatic carbocycles. The van der Waals surface area contributed by atoms with Crippen LogP contribution in [0.1, 0.15) is 0 Å². The zero-order chi connectivity index (χ0) is 38.2. The number of hydrogen-bond donors (Lipinski definition) is 0. The zero-order valence-corrected chi connectivity index (χ0v) is 31.2. The van der Waals surface area contributed by atoms with Crippen LogP contribution in [0, 0.1) is 0 Å². The number of hydrogen-bond acceptors (Lipinski definition) is 4.